The van der Waals surface area contributed by atoms with Crippen molar-refractivity contribution in [1.82, 2.24) is 15.1 Å². The number of benzene rings is 1. The van der Waals surface area contributed by atoms with E-state index in [1.807, 2.05) is 0 Å². The molecule has 0 saturated carbocycles. The number of nitrogens with zero attached hydrogens (tertiary/aromatic N) is 2. The summed E-state index contributed by atoms with van der Waals surface area (Å²) in [6.07, 6.45) is 6.58. The third-order valence-electron chi connectivity index (χ3n) is 4.47. The van der Waals surface area contributed by atoms with Crippen LogP contribution >= 0.6 is 0 Å². The summed E-state index contributed by atoms with van der Waals surface area (Å²) in [5, 5.41) is 9.10. The molecule has 108 valence electrons. The summed E-state index contributed by atoms with van der Waals surface area (Å²) >= 11 is 0. The zero-order chi connectivity index (χ0) is 13.8. The zero-order valence-corrected chi connectivity index (χ0v) is 12.4. The van der Waals surface area contributed by atoms with Gasteiger partial charge in [-0.1, -0.05) is 38.0 Å². The molecule has 1 saturated heterocycles. The van der Waals surface area contributed by atoms with Crippen LogP contribution in [0.15, 0.2) is 24.3 Å². The van der Waals surface area contributed by atoms with Crippen molar-refractivity contribution in [3.8, 4) is 0 Å². The van der Waals surface area contributed by atoms with Gasteiger partial charge in [-0.2, -0.15) is 5.10 Å². The topological polar surface area (TPSA) is 31.9 Å². The molecule has 0 amide bonds. The fraction of sp³-hybridized carbons (Fsp3) is 0.588. The second kappa shape index (κ2) is 6.40. The van der Waals surface area contributed by atoms with Gasteiger partial charge in [0.05, 0.1) is 11.2 Å². The molecule has 3 nitrogen and oxygen atoms in total. The Kier molecular flexibility index (Phi) is 4.36. The molecule has 2 heterocycles. The van der Waals surface area contributed by atoms with Gasteiger partial charge in [0.15, 0.2) is 0 Å². The molecule has 1 N–H and O–H groups in total. The number of H-pyrrole nitrogens is 1. The van der Waals surface area contributed by atoms with Crippen LogP contribution in [0.1, 0.15) is 50.6 Å². The standard InChI is InChI=1S/C17H25N3/c1-2-3-6-11-20-12-7-8-14(13-20)17-15-9-4-5-10-16(15)18-19-17/h4-5,9-10,14H,2-3,6-8,11-13H2,1H3,(H,18,19). The Morgan fingerprint density at radius 2 is 2.20 bits per heavy atom. The molecule has 1 aromatic heterocycles. The van der Waals surface area contributed by atoms with E-state index in [1.54, 1.807) is 0 Å². The van der Waals surface area contributed by atoms with E-state index in [0.717, 1.165) is 0 Å². The second-order valence-electron chi connectivity index (χ2n) is 6.00. The van der Waals surface area contributed by atoms with Crippen LogP contribution in [0.3, 0.4) is 0 Å². The Morgan fingerprint density at radius 1 is 1.30 bits per heavy atom. The minimum atomic E-state index is 0.599. The zero-order valence-electron chi connectivity index (χ0n) is 12.4. The van der Waals surface area contributed by atoms with E-state index < -0.39 is 0 Å². The summed E-state index contributed by atoms with van der Waals surface area (Å²) < 4.78 is 0. The van der Waals surface area contributed by atoms with E-state index in [2.05, 4.69) is 46.3 Å². The van der Waals surface area contributed by atoms with E-state index >= 15 is 0 Å². The van der Waals surface area contributed by atoms with E-state index in [4.69, 9.17) is 0 Å². The highest BCUT2D eigenvalue weighted by Gasteiger charge is 2.24. The van der Waals surface area contributed by atoms with Crippen LogP contribution in [0.5, 0.6) is 0 Å². The van der Waals surface area contributed by atoms with Crippen molar-refractivity contribution >= 4 is 10.9 Å². The van der Waals surface area contributed by atoms with Crippen LogP contribution in [0, 0.1) is 0 Å². The number of hydrogen-bond acceptors (Lipinski definition) is 2. The molecule has 1 fully saturated rings. The van der Waals surface area contributed by atoms with Gasteiger partial charge in [-0.15, -0.1) is 0 Å². The van der Waals surface area contributed by atoms with Crippen molar-refractivity contribution in [2.75, 3.05) is 19.6 Å². The second-order valence-corrected chi connectivity index (χ2v) is 6.00. The third kappa shape index (κ3) is 2.88. The first-order valence-corrected chi connectivity index (χ1v) is 8.04. The summed E-state index contributed by atoms with van der Waals surface area (Å²) in [7, 11) is 0. The van der Waals surface area contributed by atoms with Crippen molar-refractivity contribution in [2.45, 2.75) is 44.9 Å². The number of piperidine rings is 1. The van der Waals surface area contributed by atoms with Gasteiger partial charge in [0, 0.05) is 17.8 Å². The predicted octanol–water partition coefficient (Wildman–Crippen LogP) is 3.93. The lowest BCUT2D eigenvalue weighted by Crippen LogP contribution is -2.35. The molecular formula is C17H25N3. The number of likely N-dealkylation sites (tertiary alicyclic amines) is 1. The lowest BCUT2D eigenvalue weighted by Gasteiger charge is -2.32. The van der Waals surface area contributed by atoms with Gasteiger partial charge in [0.25, 0.3) is 0 Å². The molecule has 1 atom stereocenters. The first-order chi connectivity index (χ1) is 9.88. The van der Waals surface area contributed by atoms with Gasteiger partial charge in [0.2, 0.25) is 0 Å². The van der Waals surface area contributed by atoms with Crippen LogP contribution in [-0.4, -0.2) is 34.7 Å². The molecule has 3 rings (SSSR count). The first-order valence-electron chi connectivity index (χ1n) is 8.04. The molecule has 0 radical (unpaired) electrons. The summed E-state index contributed by atoms with van der Waals surface area (Å²) in [5.74, 6) is 0.599. The van der Waals surface area contributed by atoms with Crippen molar-refractivity contribution in [1.29, 1.82) is 0 Å². The van der Waals surface area contributed by atoms with Gasteiger partial charge >= 0.3 is 0 Å². The minimum absolute atomic E-state index is 0.599. The number of aromatic amines is 1. The van der Waals surface area contributed by atoms with Crippen LogP contribution in [0.4, 0.5) is 0 Å². The number of aromatic nitrogens is 2. The van der Waals surface area contributed by atoms with E-state index in [-0.39, 0.29) is 0 Å². The molecule has 1 aromatic carbocycles. The Balaban J connectivity index is 1.70. The van der Waals surface area contributed by atoms with Gasteiger partial charge in [-0.05, 0) is 38.4 Å². The fourth-order valence-corrected chi connectivity index (χ4v) is 3.36. The number of fused-ring (bicyclic) bond motifs is 1. The molecule has 0 aliphatic carbocycles. The largest absolute Gasteiger partial charge is 0.303 e. The first kappa shape index (κ1) is 13.6. The fourth-order valence-electron chi connectivity index (χ4n) is 3.36. The SMILES string of the molecule is CCCCCN1CCCC(c2n[nH]c3ccccc23)C1. The van der Waals surface area contributed by atoms with Crippen molar-refractivity contribution in [3.63, 3.8) is 0 Å². The number of unbranched alkanes of at least 4 members (excludes halogenated alkanes) is 2. The lowest BCUT2D eigenvalue weighted by atomic mass is 9.92. The van der Waals surface area contributed by atoms with Gasteiger partial charge in [0.1, 0.15) is 0 Å². The predicted molar refractivity (Wildman–Crippen MR) is 84.0 cm³/mol. The van der Waals surface area contributed by atoms with Gasteiger partial charge < -0.3 is 4.90 Å². The molecule has 0 spiro atoms. The highest BCUT2D eigenvalue weighted by molar-refractivity contribution is 5.81. The summed E-state index contributed by atoms with van der Waals surface area (Å²) in [5.41, 5.74) is 2.45. The molecule has 1 aliphatic heterocycles. The Hall–Kier alpha value is -1.35. The van der Waals surface area contributed by atoms with Crippen LogP contribution in [0.2, 0.25) is 0 Å². The molecule has 2 aromatic rings. The van der Waals surface area contributed by atoms with Crippen LogP contribution in [-0.2, 0) is 0 Å². The van der Waals surface area contributed by atoms with Crippen molar-refractivity contribution in [3.05, 3.63) is 30.0 Å². The van der Waals surface area contributed by atoms with Crippen molar-refractivity contribution < 1.29 is 0 Å². The maximum Gasteiger partial charge on any atom is 0.0744 e. The van der Waals surface area contributed by atoms with Gasteiger partial charge in [-0.3, -0.25) is 5.10 Å². The normalized spacial score (nSPS) is 20.6. The Labute approximate surface area is 121 Å². The Bertz CT molecular complexity index is 546. The Morgan fingerprint density at radius 3 is 3.10 bits per heavy atom. The number of nitrogens with one attached hydrogen (secondary N) is 1. The highest BCUT2D eigenvalue weighted by atomic mass is 15.2. The summed E-state index contributed by atoms with van der Waals surface area (Å²) in [6.45, 7) is 5.97. The molecule has 1 unspecified atom stereocenters. The number of para-hydroxylation sites is 1. The molecule has 3 heteroatoms. The average Bonchev–Trinajstić information content (AvgIpc) is 2.92. The van der Waals surface area contributed by atoms with Gasteiger partial charge in [-0.25, -0.2) is 0 Å². The average molecular weight is 271 g/mol. The maximum atomic E-state index is 4.60. The van der Waals surface area contributed by atoms with Crippen LogP contribution < -0.4 is 0 Å². The minimum Gasteiger partial charge on any atom is -0.303 e. The lowest BCUT2D eigenvalue weighted by molar-refractivity contribution is 0.203. The summed E-state index contributed by atoms with van der Waals surface area (Å²) in [6, 6.07) is 8.50. The molecule has 1 aliphatic rings. The highest BCUT2D eigenvalue weighted by Crippen LogP contribution is 2.30. The van der Waals surface area contributed by atoms with E-state index in [1.165, 1.54) is 68.3 Å². The van der Waals surface area contributed by atoms with Crippen LogP contribution in [0.25, 0.3) is 10.9 Å². The van der Waals surface area contributed by atoms with Crippen molar-refractivity contribution in [2.24, 2.45) is 0 Å². The maximum absolute atomic E-state index is 4.60. The molecule has 20 heavy (non-hydrogen) atoms. The monoisotopic (exact) mass is 271 g/mol. The smallest absolute Gasteiger partial charge is 0.0744 e. The quantitative estimate of drug-likeness (QED) is 0.835. The molecule has 0 bridgehead atoms. The summed E-state index contributed by atoms with van der Waals surface area (Å²) in [4.78, 5) is 2.63. The van der Waals surface area contributed by atoms with E-state index in [0.29, 0.717) is 5.92 Å². The number of rotatable bonds is 5. The third-order valence-corrected chi connectivity index (χ3v) is 4.47. The van der Waals surface area contributed by atoms with E-state index in [9.17, 15) is 0 Å². The molecular weight excluding hydrogens is 246 g/mol. The number of hydrogen-bond donors (Lipinski definition) is 1.